The predicted octanol–water partition coefficient (Wildman–Crippen LogP) is 2.94. The molecule has 0 aliphatic rings. The van der Waals surface area contributed by atoms with Gasteiger partial charge in [-0.15, -0.1) is 0 Å². The smallest absolute Gasteiger partial charge is 0.354 e. The van der Waals surface area contributed by atoms with E-state index in [1.54, 1.807) is 13.0 Å². The van der Waals surface area contributed by atoms with Gasteiger partial charge in [0.1, 0.15) is 0 Å². The highest BCUT2D eigenvalue weighted by molar-refractivity contribution is 6.31. The van der Waals surface area contributed by atoms with Gasteiger partial charge in [-0.3, -0.25) is 0 Å². The number of carboxylic acids is 1. The summed E-state index contributed by atoms with van der Waals surface area (Å²) in [5.74, 6) is -1.85. The van der Waals surface area contributed by atoms with E-state index in [1.807, 2.05) is 0 Å². The third-order valence-corrected chi connectivity index (χ3v) is 2.56. The monoisotopic (exact) mass is 266 g/mol. The van der Waals surface area contributed by atoms with E-state index < -0.39 is 11.8 Å². The van der Waals surface area contributed by atoms with Gasteiger partial charge in [0.25, 0.3) is 0 Å². The predicted molar refractivity (Wildman–Crippen MR) is 64.1 cm³/mol. The van der Waals surface area contributed by atoms with E-state index in [0.717, 1.165) is 0 Å². The summed E-state index contributed by atoms with van der Waals surface area (Å²) in [6.45, 7) is 1.61. The lowest BCUT2D eigenvalue weighted by atomic mass is 10.2. The van der Waals surface area contributed by atoms with Crippen molar-refractivity contribution >= 4 is 17.6 Å². The summed E-state index contributed by atoms with van der Waals surface area (Å²) in [7, 11) is 0. The van der Waals surface area contributed by atoms with Gasteiger partial charge in [-0.05, 0) is 25.1 Å². The van der Waals surface area contributed by atoms with Crippen LogP contribution in [0, 0.1) is 12.7 Å². The highest BCUT2D eigenvalue weighted by Crippen LogP contribution is 2.25. The Kier molecular flexibility index (Phi) is 3.25. The highest BCUT2D eigenvalue weighted by atomic mass is 35.5. The molecule has 0 bridgehead atoms. The molecule has 6 heteroatoms. The average Bonchev–Trinajstić information content (AvgIpc) is 2.31. The number of hydrogen-bond donors (Lipinski definition) is 1. The summed E-state index contributed by atoms with van der Waals surface area (Å²) in [5, 5.41) is 8.83. The summed E-state index contributed by atoms with van der Waals surface area (Å²) in [4.78, 5) is 18.7. The molecule has 0 amide bonds. The minimum Gasteiger partial charge on any atom is -0.477 e. The van der Waals surface area contributed by atoms with Crippen LogP contribution in [-0.4, -0.2) is 21.0 Å². The SMILES string of the molecule is Cc1cc(C(=O)O)nc(-c2cccc(Cl)c2F)n1. The number of nitrogens with zero attached hydrogens (tertiary/aromatic N) is 2. The van der Waals surface area contributed by atoms with Crippen LogP contribution in [0.3, 0.4) is 0 Å². The van der Waals surface area contributed by atoms with Crippen molar-refractivity contribution < 1.29 is 14.3 Å². The molecule has 0 saturated carbocycles. The van der Waals surface area contributed by atoms with E-state index >= 15 is 0 Å². The normalized spacial score (nSPS) is 10.4. The number of benzene rings is 1. The van der Waals surface area contributed by atoms with E-state index in [2.05, 4.69) is 9.97 Å². The third kappa shape index (κ3) is 2.31. The summed E-state index contributed by atoms with van der Waals surface area (Å²) in [6.07, 6.45) is 0. The summed E-state index contributed by atoms with van der Waals surface area (Å²) >= 11 is 5.66. The van der Waals surface area contributed by atoms with Crippen LogP contribution in [0.25, 0.3) is 11.4 Å². The Balaban J connectivity index is 2.64. The minimum atomic E-state index is -1.19. The van der Waals surface area contributed by atoms with Gasteiger partial charge >= 0.3 is 5.97 Å². The van der Waals surface area contributed by atoms with E-state index in [1.165, 1.54) is 18.2 Å². The third-order valence-electron chi connectivity index (χ3n) is 2.27. The van der Waals surface area contributed by atoms with Gasteiger partial charge in [0.2, 0.25) is 0 Å². The molecule has 4 nitrogen and oxygen atoms in total. The zero-order valence-corrected chi connectivity index (χ0v) is 10.1. The van der Waals surface area contributed by atoms with Crippen LogP contribution in [-0.2, 0) is 0 Å². The van der Waals surface area contributed by atoms with E-state index in [-0.39, 0.29) is 22.1 Å². The molecule has 2 rings (SSSR count). The molecule has 92 valence electrons. The molecular weight excluding hydrogens is 259 g/mol. The fraction of sp³-hybridized carbons (Fsp3) is 0.0833. The highest BCUT2D eigenvalue weighted by Gasteiger charge is 2.14. The summed E-state index contributed by atoms with van der Waals surface area (Å²) < 4.78 is 13.8. The van der Waals surface area contributed by atoms with Gasteiger partial charge in [-0.25, -0.2) is 19.2 Å². The molecule has 1 aromatic carbocycles. The molecule has 18 heavy (non-hydrogen) atoms. The van der Waals surface area contributed by atoms with Crippen LogP contribution in [0.15, 0.2) is 24.3 Å². The second-order valence-corrected chi connectivity index (χ2v) is 4.03. The van der Waals surface area contributed by atoms with Crippen LogP contribution in [0.1, 0.15) is 16.2 Å². The van der Waals surface area contributed by atoms with Crippen molar-refractivity contribution in [1.82, 2.24) is 9.97 Å². The standard InChI is InChI=1S/C12H8ClFN2O2/c1-6-5-9(12(17)18)16-11(15-6)7-3-2-4-8(13)10(7)14/h2-5H,1H3,(H,17,18). The zero-order valence-electron chi connectivity index (χ0n) is 9.32. The number of carbonyl (C=O) groups is 1. The molecular formula is C12H8ClFN2O2. The van der Waals surface area contributed by atoms with Gasteiger partial charge in [0, 0.05) is 5.69 Å². The molecule has 2 aromatic rings. The van der Waals surface area contributed by atoms with Gasteiger partial charge in [0.15, 0.2) is 17.3 Å². The van der Waals surface area contributed by atoms with Crippen molar-refractivity contribution in [3.05, 3.63) is 46.5 Å². The van der Waals surface area contributed by atoms with Crippen molar-refractivity contribution in [3.63, 3.8) is 0 Å². The Morgan fingerprint density at radius 2 is 2.11 bits per heavy atom. The Morgan fingerprint density at radius 1 is 1.39 bits per heavy atom. The van der Waals surface area contributed by atoms with Gasteiger partial charge in [0.05, 0.1) is 10.6 Å². The summed E-state index contributed by atoms with van der Waals surface area (Å²) in [5.41, 5.74) is 0.336. The quantitative estimate of drug-likeness (QED) is 0.908. The fourth-order valence-corrected chi connectivity index (χ4v) is 1.65. The van der Waals surface area contributed by atoms with Gasteiger partial charge < -0.3 is 5.11 Å². The van der Waals surface area contributed by atoms with Crippen LogP contribution >= 0.6 is 11.6 Å². The Hall–Kier alpha value is -2.01. The number of aromatic nitrogens is 2. The molecule has 0 aliphatic heterocycles. The molecule has 0 atom stereocenters. The summed E-state index contributed by atoms with van der Waals surface area (Å²) in [6, 6.07) is 5.71. The zero-order chi connectivity index (χ0) is 13.3. The average molecular weight is 267 g/mol. The lowest BCUT2D eigenvalue weighted by Crippen LogP contribution is -2.05. The first kappa shape index (κ1) is 12.4. The van der Waals surface area contributed by atoms with Crippen molar-refractivity contribution in [3.8, 4) is 11.4 Å². The first-order chi connectivity index (χ1) is 8.49. The van der Waals surface area contributed by atoms with Crippen molar-refractivity contribution in [1.29, 1.82) is 0 Å². The van der Waals surface area contributed by atoms with Crippen LogP contribution in [0.5, 0.6) is 0 Å². The minimum absolute atomic E-state index is 0.00685. The van der Waals surface area contributed by atoms with Crippen molar-refractivity contribution in [2.45, 2.75) is 6.92 Å². The Morgan fingerprint density at radius 3 is 2.78 bits per heavy atom. The second kappa shape index (κ2) is 4.70. The molecule has 0 aliphatic carbocycles. The number of hydrogen-bond acceptors (Lipinski definition) is 3. The number of carboxylic acid groups (broad SMARTS) is 1. The fourth-order valence-electron chi connectivity index (χ4n) is 1.48. The van der Waals surface area contributed by atoms with Crippen LogP contribution < -0.4 is 0 Å². The van der Waals surface area contributed by atoms with E-state index in [4.69, 9.17) is 16.7 Å². The number of aryl methyl sites for hydroxylation is 1. The maximum absolute atomic E-state index is 13.8. The van der Waals surface area contributed by atoms with Crippen LogP contribution in [0.2, 0.25) is 5.02 Å². The van der Waals surface area contributed by atoms with Gasteiger partial charge in [-0.1, -0.05) is 17.7 Å². The molecule has 0 spiro atoms. The van der Waals surface area contributed by atoms with Crippen LogP contribution in [0.4, 0.5) is 4.39 Å². The topological polar surface area (TPSA) is 63.1 Å². The largest absolute Gasteiger partial charge is 0.477 e. The van der Waals surface area contributed by atoms with Crippen molar-refractivity contribution in [2.75, 3.05) is 0 Å². The molecule has 0 saturated heterocycles. The Labute approximate surface area is 107 Å². The lowest BCUT2D eigenvalue weighted by Gasteiger charge is -2.05. The molecule has 1 N–H and O–H groups in total. The number of aromatic carboxylic acids is 1. The first-order valence-corrected chi connectivity index (χ1v) is 5.40. The van der Waals surface area contributed by atoms with E-state index in [9.17, 15) is 9.18 Å². The maximum Gasteiger partial charge on any atom is 0.354 e. The number of halogens is 2. The molecule has 0 unspecified atom stereocenters. The molecule has 0 radical (unpaired) electrons. The first-order valence-electron chi connectivity index (χ1n) is 5.02. The second-order valence-electron chi connectivity index (χ2n) is 3.62. The molecule has 0 fully saturated rings. The molecule has 1 heterocycles. The Bertz CT molecular complexity index is 631. The molecule has 1 aromatic heterocycles. The van der Waals surface area contributed by atoms with E-state index in [0.29, 0.717) is 5.69 Å². The lowest BCUT2D eigenvalue weighted by molar-refractivity contribution is 0.0690. The van der Waals surface area contributed by atoms with Gasteiger partial charge in [-0.2, -0.15) is 0 Å². The maximum atomic E-state index is 13.8. The van der Waals surface area contributed by atoms with Crippen molar-refractivity contribution in [2.24, 2.45) is 0 Å². The number of rotatable bonds is 2.